The highest BCUT2D eigenvalue weighted by Gasteiger charge is 2.48. The Morgan fingerprint density at radius 2 is 1.97 bits per heavy atom. The lowest BCUT2D eigenvalue weighted by Crippen LogP contribution is -2.45. The number of H-pyrrole nitrogens is 1. The second-order valence-corrected chi connectivity index (χ2v) is 8.27. The Morgan fingerprint density at radius 3 is 2.70 bits per heavy atom. The molecule has 1 fully saturated rings. The van der Waals surface area contributed by atoms with Gasteiger partial charge in [-0.05, 0) is 25.0 Å². The minimum atomic E-state index is -4.57. The molecule has 11 heteroatoms. The van der Waals surface area contributed by atoms with Crippen LogP contribution in [0.1, 0.15) is 30.1 Å². The molecule has 0 radical (unpaired) electrons. The number of aromatic nitrogens is 3. The molecule has 1 saturated heterocycles. The van der Waals surface area contributed by atoms with E-state index in [1.165, 1.54) is 12.1 Å². The molecular formula is C22H19F4N5O2. The lowest BCUT2D eigenvalue weighted by molar-refractivity contribution is -0.140. The lowest BCUT2D eigenvalue weighted by atomic mass is 9.66. The van der Waals surface area contributed by atoms with E-state index in [1.807, 2.05) is 0 Å². The Morgan fingerprint density at radius 1 is 1.18 bits per heavy atom. The fourth-order valence-electron chi connectivity index (χ4n) is 4.70. The van der Waals surface area contributed by atoms with Crippen LogP contribution in [0.4, 0.5) is 23.4 Å². The van der Waals surface area contributed by atoms with Crippen LogP contribution in [0.15, 0.2) is 30.6 Å². The molecule has 1 aromatic carbocycles. The van der Waals surface area contributed by atoms with Crippen molar-refractivity contribution in [1.29, 1.82) is 5.26 Å². The third-order valence-corrected chi connectivity index (χ3v) is 6.47. The number of alkyl halides is 3. The molecule has 2 aromatic heterocycles. The molecule has 33 heavy (non-hydrogen) atoms. The molecule has 3 aromatic rings. The van der Waals surface area contributed by atoms with Crippen LogP contribution in [-0.4, -0.2) is 34.8 Å². The van der Waals surface area contributed by atoms with Crippen molar-refractivity contribution in [3.05, 3.63) is 47.7 Å². The van der Waals surface area contributed by atoms with E-state index >= 15 is 0 Å². The average molecular weight is 461 g/mol. The van der Waals surface area contributed by atoms with Gasteiger partial charge in [0.1, 0.15) is 35.1 Å². The molecule has 0 saturated carbocycles. The minimum absolute atomic E-state index is 0.0313. The van der Waals surface area contributed by atoms with Crippen molar-refractivity contribution in [2.45, 2.75) is 25.1 Å². The van der Waals surface area contributed by atoms with E-state index in [9.17, 15) is 22.8 Å². The first-order valence-electron chi connectivity index (χ1n) is 10.4. The summed E-state index contributed by atoms with van der Waals surface area (Å²) < 4.78 is 64.9. The van der Waals surface area contributed by atoms with Crippen molar-refractivity contribution in [3.8, 4) is 11.8 Å². The standard InChI is InChI=1S/C22H19F4N5O2/c23-12-1-2-13-16(7-12)33-9-15(21(10-27)3-5-32-6-4-21)18(13)31-20-14-8-17(22(24,25)26)30-19(14)28-11-29-20/h1-2,7-8,11,15,18H,3-6,9H2,(H2,28,29,30,31). The van der Waals surface area contributed by atoms with Crippen LogP contribution in [0.3, 0.4) is 0 Å². The van der Waals surface area contributed by atoms with Crippen LogP contribution >= 0.6 is 0 Å². The number of hydrogen-bond donors (Lipinski definition) is 2. The summed E-state index contributed by atoms with van der Waals surface area (Å²) in [5, 5.41) is 13.5. The Kier molecular flexibility index (Phi) is 5.12. The number of rotatable bonds is 3. The summed E-state index contributed by atoms with van der Waals surface area (Å²) in [7, 11) is 0. The normalized spacial score (nSPS) is 22.3. The highest BCUT2D eigenvalue weighted by atomic mass is 19.4. The van der Waals surface area contributed by atoms with Gasteiger partial charge in [0.2, 0.25) is 0 Å². The Hall–Kier alpha value is -3.39. The van der Waals surface area contributed by atoms with E-state index in [1.54, 1.807) is 6.07 Å². The van der Waals surface area contributed by atoms with Crippen LogP contribution < -0.4 is 10.1 Å². The number of nitrogens with one attached hydrogen (secondary N) is 2. The van der Waals surface area contributed by atoms with Crippen LogP contribution in [0.5, 0.6) is 5.75 Å². The van der Waals surface area contributed by atoms with E-state index in [0.29, 0.717) is 37.4 Å². The monoisotopic (exact) mass is 461 g/mol. The number of halogens is 4. The molecule has 172 valence electrons. The Labute approximate surface area is 185 Å². The van der Waals surface area contributed by atoms with Gasteiger partial charge in [-0.25, -0.2) is 14.4 Å². The van der Waals surface area contributed by atoms with Crippen molar-refractivity contribution in [1.82, 2.24) is 15.0 Å². The van der Waals surface area contributed by atoms with Gasteiger partial charge in [-0.15, -0.1) is 0 Å². The fourth-order valence-corrected chi connectivity index (χ4v) is 4.70. The lowest BCUT2D eigenvalue weighted by Gasteiger charge is -2.44. The maximum absolute atomic E-state index is 13.9. The van der Waals surface area contributed by atoms with Crippen molar-refractivity contribution in [3.63, 3.8) is 0 Å². The molecule has 7 nitrogen and oxygen atoms in total. The number of nitrogens with zero attached hydrogens (tertiary/aromatic N) is 3. The molecule has 5 rings (SSSR count). The summed E-state index contributed by atoms with van der Waals surface area (Å²) in [4.78, 5) is 10.4. The van der Waals surface area contributed by atoms with Crippen LogP contribution in [0, 0.1) is 28.5 Å². The smallest absolute Gasteiger partial charge is 0.431 e. The van der Waals surface area contributed by atoms with Gasteiger partial charge in [-0.2, -0.15) is 18.4 Å². The van der Waals surface area contributed by atoms with Gasteiger partial charge in [-0.3, -0.25) is 0 Å². The summed E-state index contributed by atoms with van der Waals surface area (Å²) in [5.74, 6) is -0.356. The summed E-state index contributed by atoms with van der Waals surface area (Å²) in [6.45, 7) is 0.964. The summed E-state index contributed by atoms with van der Waals surface area (Å²) in [5.41, 5.74) is -1.09. The number of nitriles is 1. The first kappa shape index (κ1) is 21.5. The summed E-state index contributed by atoms with van der Waals surface area (Å²) in [6.07, 6.45) is -2.45. The van der Waals surface area contributed by atoms with Crippen LogP contribution in [0.2, 0.25) is 0 Å². The molecule has 0 spiro atoms. The van der Waals surface area contributed by atoms with Gasteiger partial charge in [-0.1, -0.05) is 6.07 Å². The largest absolute Gasteiger partial charge is 0.493 e. The predicted octanol–water partition coefficient (Wildman–Crippen LogP) is 4.60. The molecule has 2 N–H and O–H groups in total. The second kappa shape index (κ2) is 7.88. The first-order chi connectivity index (χ1) is 15.8. The van der Waals surface area contributed by atoms with E-state index in [4.69, 9.17) is 9.47 Å². The minimum Gasteiger partial charge on any atom is -0.493 e. The number of fused-ring (bicyclic) bond motifs is 2. The fraction of sp³-hybridized carbons (Fsp3) is 0.409. The number of hydrogen-bond acceptors (Lipinski definition) is 6. The van der Waals surface area contributed by atoms with E-state index in [-0.39, 0.29) is 29.4 Å². The SMILES string of the molecule is N#CC1(C2COc3cc(F)ccc3C2Nc2ncnc3[nH]c(C(F)(F)F)cc23)CCOCC1. The molecule has 0 aliphatic carbocycles. The number of benzene rings is 1. The number of aromatic amines is 1. The zero-order valence-corrected chi connectivity index (χ0v) is 17.2. The second-order valence-electron chi connectivity index (χ2n) is 8.27. The predicted molar refractivity (Wildman–Crippen MR) is 109 cm³/mol. The maximum Gasteiger partial charge on any atom is 0.431 e. The summed E-state index contributed by atoms with van der Waals surface area (Å²) >= 11 is 0. The third kappa shape index (κ3) is 3.74. The van der Waals surface area contributed by atoms with E-state index in [0.717, 1.165) is 12.4 Å². The zero-order valence-electron chi connectivity index (χ0n) is 17.2. The van der Waals surface area contributed by atoms with Crippen LogP contribution in [-0.2, 0) is 10.9 Å². The van der Waals surface area contributed by atoms with Crippen molar-refractivity contribution >= 4 is 16.9 Å². The molecule has 2 atom stereocenters. The van der Waals surface area contributed by atoms with Gasteiger partial charge in [0.25, 0.3) is 0 Å². The number of ether oxygens (including phenoxy) is 2. The van der Waals surface area contributed by atoms with Gasteiger partial charge >= 0.3 is 6.18 Å². The topological polar surface area (TPSA) is 95.9 Å². The molecule has 0 amide bonds. The Bertz CT molecular complexity index is 1230. The third-order valence-electron chi connectivity index (χ3n) is 6.47. The molecule has 4 heterocycles. The van der Waals surface area contributed by atoms with Crippen molar-refractivity contribution in [2.24, 2.45) is 11.3 Å². The van der Waals surface area contributed by atoms with E-state index in [2.05, 4.69) is 26.3 Å². The van der Waals surface area contributed by atoms with Gasteiger partial charge in [0, 0.05) is 30.8 Å². The van der Waals surface area contributed by atoms with Crippen molar-refractivity contribution in [2.75, 3.05) is 25.1 Å². The van der Waals surface area contributed by atoms with Crippen LogP contribution in [0.25, 0.3) is 11.0 Å². The van der Waals surface area contributed by atoms with Gasteiger partial charge < -0.3 is 19.8 Å². The zero-order chi connectivity index (χ0) is 23.2. The average Bonchev–Trinajstić information content (AvgIpc) is 3.26. The van der Waals surface area contributed by atoms with E-state index < -0.39 is 29.1 Å². The summed E-state index contributed by atoms with van der Waals surface area (Å²) in [6, 6.07) is 6.95. The van der Waals surface area contributed by atoms with Crippen molar-refractivity contribution < 1.29 is 27.0 Å². The van der Waals surface area contributed by atoms with Gasteiger partial charge in [0.15, 0.2) is 0 Å². The molecule has 0 bridgehead atoms. The van der Waals surface area contributed by atoms with Gasteiger partial charge in [0.05, 0.1) is 29.5 Å². The molecule has 2 aliphatic heterocycles. The molecule has 2 unspecified atom stereocenters. The molecule has 2 aliphatic rings. The maximum atomic E-state index is 13.9. The highest BCUT2D eigenvalue weighted by molar-refractivity contribution is 5.88. The quantitative estimate of drug-likeness (QED) is 0.554. The molecular weight excluding hydrogens is 442 g/mol. The first-order valence-corrected chi connectivity index (χ1v) is 10.4. The Balaban J connectivity index is 1.60. The highest BCUT2D eigenvalue weighted by Crippen LogP contribution is 2.49. The number of anilines is 1.